The molecule has 0 N–H and O–H groups in total. The quantitative estimate of drug-likeness (QED) is 0.761. The summed E-state index contributed by atoms with van der Waals surface area (Å²) in [4.78, 5) is 0. The van der Waals surface area contributed by atoms with Crippen molar-refractivity contribution in [2.45, 2.75) is 32.6 Å². The van der Waals surface area contributed by atoms with E-state index in [9.17, 15) is 8.78 Å². The molecule has 0 unspecified atom stereocenters. The molecule has 0 heterocycles. The zero-order valence-corrected chi connectivity index (χ0v) is 9.81. The molecule has 1 aromatic rings. The molecule has 0 aromatic heterocycles. The fourth-order valence-corrected chi connectivity index (χ4v) is 2.04. The number of halogens is 2. The minimum absolute atomic E-state index is 0.160. The molecule has 0 aliphatic heterocycles. The molecule has 1 saturated carbocycles. The monoisotopic (exact) mass is 226 g/mol. The Hall–Kier alpha value is -1.12. The first-order valence-electron chi connectivity index (χ1n) is 5.51. The van der Waals surface area contributed by atoms with Gasteiger partial charge in [0, 0.05) is 11.5 Å². The Morgan fingerprint density at radius 3 is 2.31 bits per heavy atom. The third-order valence-corrected chi connectivity index (χ3v) is 3.41. The summed E-state index contributed by atoms with van der Waals surface area (Å²) in [6.07, 6.45) is 1.27. The van der Waals surface area contributed by atoms with E-state index < -0.39 is 11.8 Å². The van der Waals surface area contributed by atoms with Gasteiger partial charge in [0.25, 0.3) is 5.92 Å². The molecular weight excluding hydrogens is 210 g/mol. The summed E-state index contributed by atoms with van der Waals surface area (Å²) in [7, 11) is 1.56. The first-order chi connectivity index (χ1) is 7.48. The van der Waals surface area contributed by atoms with Crippen molar-refractivity contribution < 1.29 is 13.5 Å². The van der Waals surface area contributed by atoms with Crippen LogP contribution in [0.2, 0.25) is 0 Å². The lowest BCUT2D eigenvalue weighted by molar-refractivity contribution is -0.0292. The van der Waals surface area contributed by atoms with E-state index in [-0.39, 0.29) is 5.56 Å². The highest BCUT2D eigenvalue weighted by molar-refractivity contribution is 5.45. The largest absolute Gasteiger partial charge is 0.496 e. The fraction of sp³-hybridized carbons (Fsp3) is 0.538. The van der Waals surface area contributed by atoms with Crippen LogP contribution in [0.4, 0.5) is 8.78 Å². The van der Waals surface area contributed by atoms with Crippen molar-refractivity contribution in [1.82, 2.24) is 0 Å². The maximum absolute atomic E-state index is 14.0. The van der Waals surface area contributed by atoms with Crippen molar-refractivity contribution in [3.05, 3.63) is 28.8 Å². The Morgan fingerprint density at radius 1 is 1.19 bits per heavy atom. The van der Waals surface area contributed by atoms with Gasteiger partial charge in [-0.25, -0.2) is 8.78 Å². The van der Waals surface area contributed by atoms with Gasteiger partial charge in [-0.15, -0.1) is 0 Å². The van der Waals surface area contributed by atoms with E-state index in [1.54, 1.807) is 20.1 Å². The van der Waals surface area contributed by atoms with E-state index in [4.69, 9.17) is 4.74 Å². The van der Waals surface area contributed by atoms with Crippen LogP contribution >= 0.6 is 0 Å². The zero-order valence-electron chi connectivity index (χ0n) is 9.81. The molecule has 1 fully saturated rings. The summed E-state index contributed by atoms with van der Waals surface area (Å²) in [6, 6.07) is 3.13. The van der Waals surface area contributed by atoms with Crippen LogP contribution in [0, 0.1) is 19.8 Å². The van der Waals surface area contributed by atoms with Crippen molar-refractivity contribution in [2.75, 3.05) is 7.11 Å². The van der Waals surface area contributed by atoms with Crippen LogP contribution in [-0.4, -0.2) is 7.11 Å². The van der Waals surface area contributed by atoms with E-state index in [2.05, 4.69) is 0 Å². The SMILES string of the molecule is COc1ccc(C(F)(F)C2CC2)c(C)c1C. The number of hydrogen-bond acceptors (Lipinski definition) is 1. The number of benzene rings is 1. The molecular formula is C13H16F2O. The Kier molecular flexibility index (Phi) is 2.64. The first kappa shape index (κ1) is 11.4. The maximum atomic E-state index is 14.0. The lowest BCUT2D eigenvalue weighted by atomic mass is 9.95. The molecule has 3 heteroatoms. The fourth-order valence-electron chi connectivity index (χ4n) is 2.04. The number of ether oxygens (including phenoxy) is 1. The molecule has 1 aliphatic rings. The number of methoxy groups -OCH3 is 1. The summed E-state index contributed by atoms with van der Waals surface area (Å²) in [6.45, 7) is 3.56. The lowest BCUT2D eigenvalue weighted by Gasteiger charge is -2.20. The Balaban J connectivity index is 2.46. The molecule has 16 heavy (non-hydrogen) atoms. The van der Waals surface area contributed by atoms with Gasteiger partial charge in [0.05, 0.1) is 7.11 Å². The Bertz CT molecular complexity index is 409. The van der Waals surface area contributed by atoms with Gasteiger partial charge in [0.2, 0.25) is 0 Å². The average molecular weight is 226 g/mol. The lowest BCUT2D eigenvalue weighted by Crippen LogP contribution is -2.18. The highest BCUT2D eigenvalue weighted by Crippen LogP contribution is 2.51. The highest BCUT2D eigenvalue weighted by Gasteiger charge is 2.48. The molecule has 1 aliphatic carbocycles. The minimum atomic E-state index is -2.68. The van der Waals surface area contributed by atoms with E-state index in [1.165, 1.54) is 6.07 Å². The first-order valence-corrected chi connectivity index (χ1v) is 5.51. The topological polar surface area (TPSA) is 9.23 Å². The van der Waals surface area contributed by atoms with Crippen molar-refractivity contribution in [2.24, 2.45) is 5.92 Å². The number of hydrogen-bond donors (Lipinski definition) is 0. The van der Waals surface area contributed by atoms with Gasteiger partial charge >= 0.3 is 0 Å². The second-order valence-corrected chi connectivity index (χ2v) is 4.46. The van der Waals surface area contributed by atoms with E-state index in [0.717, 1.165) is 5.56 Å². The van der Waals surface area contributed by atoms with Crippen molar-refractivity contribution >= 4 is 0 Å². The minimum Gasteiger partial charge on any atom is -0.496 e. The van der Waals surface area contributed by atoms with Crippen LogP contribution in [0.1, 0.15) is 29.5 Å². The molecule has 0 spiro atoms. The zero-order chi connectivity index (χ0) is 11.9. The second kappa shape index (κ2) is 3.72. The molecule has 88 valence electrons. The molecule has 0 atom stereocenters. The smallest absolute Gasteiger partial charge is 0.276 e. The molecule has 0 saturated heterocycles. The van der Waals surface area contributed by atoms with Gasteiger partial charge in [-0.2, -0.15) is 0 Å². The van der Waals surface area contributed by atoms with Crippen LogP contribution in [0.3, 0.4) is 0 Å². The van der Waals surface area contributed by atoms with Gasteiger partial charge in [0.1, 0.15) is 5.75 Å². The third-order valence-electron chi connectivity index (χ3n) is 3.41. The van der Waals surface area contributed by atoms with Crippen LogP contribution in [-0.2, 0) is 5.92 Å². The number of alkyl halides is 2. The second-order valence-electron chi connectivity index (χ2n) is 4.46. The highest BCUT2D eigenvalue weighted by atomic mass is 19.3. The summed E-state index contributed by atoms with van der Waals surface area (Å²) in [5, 5.41) is 0. The van der Waals surface area contributed by atoms with Gasteiger partial charge in [-0.05, 0) is 49.9 Å². The van der Waals surface area contributed by atoms with E-state index in [1.807, 2.05) is 6.92 Å². The van der Waals surface area contributed by atoms with Crippen molar-refractivity contribution in [3.63, 3.8) is 0 Å². The number of rotatable bonds is 3. The van der Waals surface area contributed by atoms with Gasteiger partial charge in [-0.3, -0.25) is 0 Å². The Morgan fingerprint density at radius 2 is 1.81 bits per heavy atom. The van der Waals surface area contributed by atoms with Gasteiger partial charge in [-0.1, -0.05) is 0 Å². The molecule has 0 amide bonds. The van der Waals surface area contributed by atoms with Crippen LogP contribution < -0.4 is 4.74 Å². The van der Waals surface area contributed by atoms with Gasteiger partial charge < -0.3 is 4.74 Å². The van der Waals surface area contributed by atoms with Crippen LogP contribution in [0.15, 0.2) is 12.1 Å². The van der Waals surface area contributed by atoms with Crippen molar-refractivity contribution in [1.29, 1.82) is 0 Å². The summed E-state index contributed by atoms with van der Waals surface area (Å²) >= 11 is 0. The average Bonchev–Trinajstić information content (AvgIpc) is 3.05. The van der Waals surface area contributed by atoms with Crippen LogP contribution in [0.5, 0.6) is 5.75 Å². The molecule has 0 radical (unpaired) electrons. The molecule has 0 bridgehead atoms. The van der Waals surface area contributed by atoms with E-state index >= 15 is 0 Å². The van der Waals surface area contributed by atoms with Gasteiger partial charge in [0.15, 0.2) is 0 Å². The van der Waals surface area contributed by atoms with Crippen molar-refractivity contribution in [3.8, 4) is 5.75 Å². The standard InChI is InChI=1S/C13H16F2O/c1-8-9(2)12(16-3)7-6-11(8)13(14,15)10-4-5-10/h6-7,10H,4-5H2,1-3H3. The van der Waals surface area contributed by atoms with E-state index in [0.29, 0.717) is 24.2 Å². The summed E-state index contributed by atoms with van der Waals surface area (Å²) in [5.41, 5.74) is 1.62. The summed E-state index contributed by atoms with van der Waals surface area (Å²) in [5.74, 6) is -2.46. The normalized spacial score (nSPS) is 16.3. The predicted molar refractivity (Wildman–Crippen MR) is 59.1 cm³/mol. The molecule has 1 aromatic carbocycles. The third kappa shape index (κ3) is 1.68. The summed E-state index contributed by atoms with van der Waals surface area (Å²) < 4.78 is 33.1. The molecule has 2 rings (SSSR count). The Labute approximate surface area is 94.4 Å². The molecule has 1 nitrogen and oxygen atoms in total. The predicted octanol–water partition coefficient (Wildman–Crippen LogP) is 3.81. The maximum Gasteiger partial charge on any atom is 0.276 e. The van der Waals surface area contributed by atoms with Crippen LogP contribution in [0.25, 0.3) is 0 Å².